The predicted octanol–water partition coefficient (Wildman–Crippen LogP) is 4.14. The quantitative estimate of drug-likeness (QED) is 0.912. The van der Waals surface area contributed by atoms with Crippen LogP contribution in [0.15, 0.2) is 34.1 Å². The van der Waals surface area contributed by atoms with E-state index in [2.05, 4.69) is 51.7 Å². The van der Waals surface area contributed by atoms with Crippen molar-refractivity contribution in [2.75, 3.05) is 14.2 Å². The molecular formula is C14H16BrNOS. The van der Waals surface area contributed by atoms with Crippen LogP contribution < -0.4 is 10.1 Å². The molecule has 0 bridgehead atoms. The van der Waals surface area contributed by atoms with E-state index < -0.39 is 0 Å². The maximum absolute atomic E-state index is 5.46. The highest BCUT2D eigenvalue weighted by atomic mass is 79.9. The summed E-state index contributed by atoms with van der Waals surface area (Å²) in [6.07, 6.45) is 0. The van der Waals surface area contributed by atoms with E-state index in [1.165, 1.54) is 16.0 Å². The zero-order valence-corrected chi connectivity index (χ0v) is 13.1. The number of thiophene rings is 1. The fourth-order valence-electron chi connectivity index (χ4n) is 2.01. The Labute approximate surface area is 120 Å². The molecule has 1 atom stereocenters. The number of rotatable bonds is 4. The molecule has 2 rings (SSSR count). The highest BCUT2D eigenvalue weighted by molar-refractivity contribution is 9.10. The van der Waals surface area contributed by atoms with Crippen LogP contribution in [0, 0.1) is 6.92 Å². The van der Waals surface area contributed by atoms with Crippen LogP contribution in [0.3, 0.4) is 0 Å². The lowest BCUT2D eigenvalue weighted by molar-refractivity contribution is 0.405. The van der Waals surface area contributed by atoms with Crippen molar-refractivity contribution in [1.82, 2.24) is 5.32 Å². The summed E-state index contributed by atoms with van der Waals surface area (Å²) in [5.41, 5.74) is 2.41. The third-order valence-corrected chi connectivity index (χ3v) is 4.62. The first kappa shape index (κ1) is 13.6. The van der Waals surface area contributed by atoms with Crippen LogP contribution in [0.2, 0.25) is 0 Å². The first-order valence-corrected chi connectivity index (χ1v) is 7.38. The molecule has 0 saturated carbocycles. The molecule has 4 heteroatoms. The van der Waals surface area contributed by atoms with Crippen molar-refractivity contribution in [2.24, 2.45) is 0 Å². The van der Waals surface area contributed by atoms with Crippen LogP contribution in [0.4, 0.5) is 0 Å². The number of benzene rings is 1. The third kappa shape index (κ3) is 2.76. The van der Waals surface area contributed by atoms with Crippen molar-refractivity contribution in [3.8, 4) is 5.75 Å². The standard InChI is InChI=1S/C14H16BrNOS/c1-9-4-5-12(17-3)11(6-9)14(16-2)13-7-10(15)8-18-13/h4-8,14,16H,1-3H3. The molecule has 18 heavy (non-hydrogen) atoms. The smallest absolute Gasteiger partial charge is 0.124 e. The Balaban J connectivity index is 2.47. The van der Waals surface area contributed by atoms with Gasteiger partial charge < -0.3 is 10.1 Å². The topological polar surface area (TPSA) is 21.3 Å². The molecule has 0 aliphatic heterocycles. The van der Waals surface area contributed by atoms with Crippen LogP contribution in [-0.4, -0.2) is 14.2 Å². The van der Waals surface area contributed by atoms with Crippen LogP contribution in [0.25, 0.3) is 0 Å². The van der Waals surface area contributed by atoms with Gasteiger partial charge in [-0.3, -0.25) is 0 Å². The van der Waals surface area contributed by atoms with E-state index in [0.717, 1.165) is 10.2 Å². The number of halogens is 1. The fraction of sp³-hybridized carbons (Fsp3) is 0.286. The summed E-state index contributed by atoms with van der Waals surface area (Å²) in [6, 6.07) is 8.58. The Morgan fingerprint density at radius 2 is 2.11 bits per heavy atom. The third-order valence-electron chi connectivity index (χ3n) is 2.86. The van der Waals surface area contributed by atoms with E-state index in [0.29, 0.717) is 0 Å². The van der Waals surface area contributed by atoms with E-state index in [1.54, 1.807) is 18.4 Å². The second-order valence-corrected chi connectivity index (χ2v) is 5.99. The minimum absolute atomic E-state index is 0.163. The van der Waals surface area contributed by atoms with E-state index in [-0.39, 0.29) is 6.04 Å². The lowest BCUT2D eigenvalue weighted by Crippen LogP contribution is -2.17. The van der Waals surface area contributed by atoms with Crippen molar-refractivity contribution in [1.29, 1.82) is 0 Å². The molecule has 0 amide bonds. The highest BCUT2D eigenvalue weighted by Crippen LogP contribution is 2.34. The Morgan fingerprint density at radius 1 is 1.33 bits per heavy atom. The van der Waals surface area contributed by atoms with Crippen molar-refractivity contribution >= 4 is 27.3 Å². The van der Waals surface area contributed by atoms with Gasteiger partial charge in [-0.25, -0.2) is 0 Å². The minimum Gasteiger partial charge on any atom is -0.496 e. The molecule has 1 aromatic heterocycles. The zero-order valence-electron chi connectivity index (χ0n) is 10.7. The second kappa shape index (κ2) is 5.87. The molecule has 1 unspecified atom stereocenters. The van der Waals surface area contributed by atoms with Gasteiger partial charge in [-0.15, -0.1) is 11.3 Å². The number of nitrogens with one attached hydrogen (secondary N) is 1. The molecule has 96 valence electrons. The molecule has 2 aromatic rings. The second-order valence-electron chi connectivity index (χ2n) is 4.13. The molecule has 0 aliphatic carbocycles. The number of hydrogen-bond donors (Lipinski definition) is 1. The number of methoxy groups -OCH3 is 1. The average Bonchev–Trinajstić information content (AvgIpc) is 2.77. The van der Waals surface area contributed by atoms with Crippen molar-refractivity contribution in [3.05, 3.63) is 50.1 Å². The van der Waals surface area contributed by atoms with Gasteiger partial charge in [0.1, 0.15) is 5.75 Å². The zero-order chi connectivity index (χ0) is 13.1. The van der Waals surface area contributed by atoms with Gasteiger partial charge in [0, 0.05) is 20.3 Å². The van der Waals surface area contributed by atoms with Gasteiger partial charge in [0.15, 0.2) is 0 Å². The predicted molar refractivity (Wildman–Crippen MR) is 80.7 cm³/mol. The van der Waals surface area contributed by atoms with Gasteiger partial charge in [0.05, 0.1) is 13.2 Å². The maximum Gasteiger partial charge on any atom is 0.124 e. The van der Waals surface area contributed by atoms with Crippen molar-refractivity contribution in [3.63, 3.8) is 0 Å². The first-order chi connectivity index (χ1) is 8.65. The largest absolute Gasteiger partial charge is 0.496 e. The molecule has 1 heterocycles. The van der Waals surface area contributed by atoms with E-state index in [9.17, 15) is 0 Å². The first-order valence-electron chi connectivity index (χ1n) is 5.71. The normalized spacial score (nSPS) is 12.4. The molecule has 2 nitrogen and oxygen atoms in total. The van der Waals surface area contributed by atoms with Crippen LogP contribution in [0.1, 0.15) is 22.0 Å². The van der Waals surface area contributed by atoms with E-state index in [1.807, 2.05) is 13.1 Å². The van der Waals surface area contributed by atoms with E-state index >= 15 is 0 Å². The molecule has 0 fully saturated rings. The van der Waals surface area contributed by atoms with Crippen LogP contribution in [-0.2, 0) is 0 Å². The highest BCUT2D eigenvalue weighted by Gasteiger charge is 2.18. The molecule has 1 N–H and O–H groups in total. The van der Waals surface area contributed by atoms with Gasteiger partial charge in [-0.05, 0) is 42.0 Å². The van der Waals surface area contributed by atoms with Crippen LogP contribution in [0.5, 0.6) is 5.75 Å². The monoisotopic (exact) mass is 325 g/mol. The van der Waals surface area contributed by atoms with Crippen molar-refractivity contribution in [2.45, 2.75) is 13.0 Å². The lowest BCUT2D eigenvalue weighted by atomic mass is 10.0. The summed E-state index contributed by atoms with van der Waals surface area (Å²) in [7, 11) is 3.69. The van der Waals surface area contributed by atoms with Crippen LogP contribution >= 0.6 is 27.3 Å². The molecule has 0 saturated heterocycles. The molecule has 0 aliphatic rings. The SMILES string of the molecule is CNC(c1cc(Br)cs1)c1cc(C)ccc1OC. The van der Waals surface area contributed by atoms with Gasteiger partial charge in [-0.1, -0.05) is 17.7 Å². The Kier molecular flexibility index (Phi) is 4.43. The lowest BCUT2D eigenvalue weighted by Gasteiger charge is -2.18. The van der Waals surface area contributed by atoms with Crippen molar-refractivity contribution < 1.29 is 4.74 Å². The Bertz CT molecular complexity index is 538. The molecular weight excluding hydrogens is 310 g/mol. The number of aryl methyl sites for hydroxylation is 1. The fourth-order valence-corrected chi connectivity index (χ4v) is 3.58. The minimum atomic E-state index is 0.163. The summed E-state index contributed by atoms with van der Waals surface area (Å²) < 4.78 is 6.58. The Hall–Kier alpha value is -0.840. The van der Waals surface area contributed by atoms with Gasteiger partial charge in [0.25, 0.3) is 0 Å². The van der Waals surface area contributed by atoms with E-state index in [4.69, 9.17) is 4.74 Å². The summed E-state index contributed by atoms with van der Waals surface area (Å²) in [5, 5.41) is 5.46. The summed E-state index contributed by atoms with van der Waals surface area (Å²) >= 11 is 5.24. The maximum atomic E-state index is 5.46. The van der Waals surface area contributed by atoms with Gasteiger partial charge in [0.2, 0.25) is 0 Å². The van der Waals surface area contributed by atoms with Gasteiger partial charge in [-0.2, -0.15) is 0 Å². The van der Waals surface area contributed by atoms with Gasteiger partial charge >= 0.3 is 0 Å². The summed E-state index contributed by atoms with van der Waals surface area (Å²) in [6.45, 7) is 2.10. The number of ether oxygens (including phenoxy) is 1. The molecule has 1 aromatic carbocycles. The molecule has 0 spiro atoms. The average molecular weight is 326 g/mol. The molecule has 0 radical (unpaired) electrons. The summed E-state index contributed by atoms with van der Waals surface area (Å²) in [4.78, 5) is 1.27. The number of hydrogen-bond acceptors (Lipinski definition) is 3. The summed E-state index contributed by atoms with van der Waals surface area (Å²) in [5.74, 6) is 0.921. The Morgan fingerprint density at radius 3 is 2.67 bits per heavy atom.